The van der Waals surface area contributed by atoms with Gasteiger partial charge in [-0.15, -0.1) is 0 Å². The number of allylic oxidation sites excluding steroid dienone is 3. The van der Waals surface area contributed by atoms with Crippen LogP contribution in [0.3, 0.4) is 0 Å². The number of hydrogen-bond donors (Lipinski definition) is 2. The number of likely N-dealkylation sites (N-methyl/N-ethyl adjacent to an activating group) is 1. The van der Waals surface area contributed by atoms with Crippen LogP contribution in [0.1, 0.15) is 56.2 Å². The minimum atomic E-state index is -0.0678. The number of pyridine rings is 1. The molecular formula is C33H38N8O. The molecule has 1 aliphatic heterocycles. The lowest BCUT2D eigenvalue weighted by atomic mass is 10.0. The number of nitrogens with zero attached hydrogens (tertiary/aromatic N) is 6. The molecule has 1 saturated heterocycles. The Balaban J connectivity index is 1.21. The summed E-state index contributed by atoms with van der Waals surface area (Å²) in [6.45, 7) is 6.78. The summed E-state index contributed by atoms with van der Waals surface area (Å²) in [7, 11) is 2.16. The van der Waals surface area contributed by atoms with Crippen molar-refractivity contribution in [3.05, 3.63) is 83.1 Å². The molecule has 0 bridgehead atoms. The van der Waals surface area contributed by atoms with Crippen LogP contribution in [-0.2, 0) is 6.54 Å². The SMILES string of the molecule is C=C(c1cc2cnc(Nc3ccc(N(C)C4CCCNC4)cc3)nc2n(Cc2ccnn2C2=CCCC2)c1=O)C1CC1. The molecule has 4 heterocycles. The molecule has 1 unspecified atom stereocenters. The van der Waals surface area contributed by atoms with Crippen molar-refractivity contribution in [2.45, 2.75) is 57.5 Å². The van der Waals surface area contributed by atoms with Gasteiger partial charge in [0.15, 0.2) is 0 Å². The summed E-state index contributed by atoms with van der Waals surface area (Å²) >= 11 is 0. The first-order valence-corrected chi connectivity index (χ1v) is 15.2. The van der Waals surface area contributed by atoms with E-state index >= 15 is 0 Å². The van der Waals surface area contributed by atoms with E-state index in [-0.39, 0.29) is 5.56 Å². The van der Waals surface area contributed by atoms with Gasteiger partial charge in [-0.05, 0) is 99.4 Å². The fourth-order valence-electron chi connectivity index (χ4n) is 6.25. The van der Waals surface area contributed by atoms with Crippen molar-refractivity contribution >= 4 is 39.6 Å². The van der Waals surface area contributed by atoms with E-state index in [1.165, 1.54) is 24.2 Å². The van der Waals surface area contributed by atoms with E-state index in [1.54, 1.807) is 10.8 Å². The molecule has 0 radical (unpaired) electrons. The second-order valence-electron chi connectivity index (χ2n) is 11.8. The van der Waals surface area contributed by atoms with Crippen LogP contribution in [0.25, 0.3) is 22.3 Å². The molecule has 0 amide bonds. The van der Waals surface area contributed by atoms with Crippen LogP contribution in [0.5, 0.6) is 0 Å². The Hall–Kier alpha value is -4.24. The van der Waals surface area contributed by atoms with Gasteiger partial charge < -0.3 is 15.5 Å². The Bertz CT molecular complexity index is 1710. The van der Waals surface area contributed by atoms with E-state index in [0.717, 1.165) is 67.5 Å². The third-order valence-electron chi connectivity index (χ3n) is 8.92. The van der Waals surface area contributed by atoms with Crippen LogP contribution in [-0.4, -0.2) is 50.5 Å². The first kappa shape index (κ1) is 26.6. The summed E-state index contributed by atoms with van der Waals surface area (Å²) in [4.78, 5) is 25.8. The van der Waals surface area contributed by atoms with Crippen LogP contribution in [0, 0.1) is 5.92 Å². The Kier molecular flexibility index (Phi) is 7.11. The van der Waals surface area contributed by atoms with E-state index in [4.69, 9.17) is 4.98 Å². The lowest BCUT2D eigenvalue weighted by Crippen LogP contribution is -2.44. The second kappa shape index (κ2) is 11.2. The molecule has 9 heteroatoms. The summed E-state index contributed by atoms with van der Waals surface area (Å²) in [5, 5.41) is 12.3. The van der Waals surface area contributed by atoms with Gasteiger partial charge in [0, 0.05) is 60.0 Å². The molecular weight excluding hydrogens is 524 g/mol. The molecule has 3 aromatic heterocycles. The normalized spacial score (nSPS) is 18.7. The minimum Gasteiger partial charge on any atom is -0.370 e. The van der Waals surface area contributed by atoms with Crippen LogP contribution >= 0.6 is 0 Å². The summed E-state index contributed by atoms with van der Waals surface area (Å²) in [6.07, 6.45) is 13.6. The number of nitrogens with one attached hydrogen (secondary N) is 2. The molecule has 9 nitrogen and oxygen atoms in total. The standard InChI is InChI=1S/C33H38N8O/c1-22(23-9-10-23)30-18-24-19-35-33(37-25-11-13-26(14-12-25)39(2)28-8-5-16-34-20-28)38-31(24)40(32(30)42)21-29-15-17-36-41(29)27-6-3-4-7-27/h6,11-15,17-19,23,28,34H,1,3-5,7-10,16,20-21H2,2H3,(H,35,37,38). The smallest absolute Gasteiger partial charge is 0.260 e. The van der Waals surface area contributed by atoms with Gasteiger partial charge in [0.05, 0.1) is 12.2 Å². The average Bonchev–Trinajstić information content (AvgIpc) is 3.53. The van der Waals surface area contributed by atoms with Gasteiger partial charge in [-0.1, -0.05) is 12.7 Å². The molecule has 1 atom stereocenters. The number of piperidine rings is 1. The molecule has 2 fully saturated rings. The van der Waals surface area contributed by atoms with Gasteiger partial charge in [0.25, 0.3) is 5.56 Å². The number of aromatic nitrogens is 5. The molecule has 2 aliphatic carbocycles. The van der Waals surface area contributed by atoms with Gasteiger partial charge in [0.2, 0.25) is 5.95 Å². The topological polar surface area (TPSA) is 92.9 Å². The van der Waals surface area contributed by atoms with E-state index < -0.39 is 0 Å². The van der Waals surface area contributed by atoms with E-state index in [1.807, 2.05) is 23.0 Å². The maximum Gasteiger partial charge on any atom is 0.260 e. The van der Waals surface area contributed by atoms with Gasteiger partial charge in [-0.3, -0.25) is 9.36 Å². The van der Waals surface area contributed by atoms with Crippen LogP contribution in [0.4, 0.5) is 17.3 Å². The number of rotatable bonds is 9. The highest BCUT2D eigenvalue weighted by molar-refractivity contribution is 5.81. The molecule has 2 N–H and O–H groups in total. The summed E-state index contributed by atoms with van der Waals surface area (Å²) in [5.74, 6) is 0.838. The molecule has 4 aromatic rings. The van der Waals surface area contributed by atoms with Crippen molar-refractivity contribution in [3.63, 3.8) is 0 Å². The van der Waals surface area contributed by atoms with E-state index in [0.29, 0.717) is 35.7 Å². The van der Waals surface area contributed by atoms with Crippen LogP contribution in [0.2, 0.25) is 0 Å². The number of fused-ring (bicyclic) bond motifs is 1. The zero-order chi connectivity index (χ0) is 28.6. The molecule has 216 valence electrons. The second-order valence-corrected chi connectivity index (χ2v) is 11.8. The maximum absolute atomic E-state index is 14.0. The Morgan fingerprint density at radius 2 is 2.02 bits per heavy atom. The number of anilines is 3. The van der Waals surface area contributed by atoms with Gasteiger partial charge >= 0.3 is 0 Å². The Morgan fingerprint density at radius 1 is 1.17 bits per heavy atom. The van der Waals surface area contributed by atoms with Crippen molar-refractivity contribution in [2.24, 2.45) is 5.92 Å². The van der Waals surface area contributed by atoms with Crippen LogP contribution in [0.15, 0.2) is 66.2 Å². The third kappa shape index (κ3) is 5.25. The molecule has 1 aromatic carbocycles. The van der Waals surface area contributed by atoms with Gasteiger partial charge in [0.1, 0.15) is 5.65 Å². The Labute approximate surface area is 246 Å². The predicted octanol–water partition coefficient (Wildman–Crippen LogP) is 5.42. The van der Waals surface area contributed by atoms with Gasteiger partial charge in [-0.2, -0.15) is 10.1 Å². The minimum absolute atomic E-state index is 0.0678. The summed E-state index contributed by atoms with van der Waals surface area (Å²) in [6, 6.07) is 12.8. The quantitative estimate of drug-likeness (QED) is 0.282. The maximum atomic E-state index is 14.0. The molecule has 42 heavy (non-hydrogen) atoms. The Morgan fingerprint density at radius 3 is 2.76 bits per heavy atom. The molecule has 0 spiro atoms. The largest absolute Gasteiger partial charge is 0.370 e. The fourth-order valence-corrected chi connectivity index (χ4v) is 6.25. The molecule has 7 rings (SSSR count). The predicted molar refractivity (Wildman–Crippen MR) is 169 cm³/mol. The zero-order valence-electron chi connectivity index (χ0n) is 24.2. The number of benzene rings is 1. The molecule has 3 aliphatic rings. The van der Waals surface area contributed by atoms with Crippen molar-refractivity contribution in [1.82, 2.24) is 29.6 Å². The lowest BCUT2D eigenvalue weighted by molar-refractivity contribution is 0.445. The van der Waals surface area contributed by atoms with Crippen LogP contribution < -0.4 is 21.1 Å². The van der Waals surface area contributed by atoms with Crippen molar-refractivity contribution < 1.29 is 0 Å². The van der Waals surface area contributed by atoms with Crippen molar-refractivity contribution in [2.75, 3.05) is 30.4 Å². The fraction of sp³-hybridized carbons (Fsp3) is 0.394. The number of hydrogen-bond acceptors (Lipinski definition) is 7. The average molecular weight is 563 g/mol. The van der Waals surface area contributed by atoms with Crippen molar-refractivity contribution in [1.29, 1.82) is 0 Å². The lowest BCUT2D eigenvalue weighted by Gasteiger charge is -2.33. The highest BCUT2D eigenvalue weighted by Gasteiger charge is 2.28. The highest BCUT2D eigenvalue weighted by Crippen LogP contribution is 2.40. The van der Waals surface area contributed by atoms with E-state index in [9.17, 15) is 4.79 Å². The van der Waals surface area contributed by atoms with Crippen molar-refractivity contribution in [3.8, 4) is 0 Å². The monoisotopic (exact) mass is 562 g/mol. The first-order chi connectivity index (χ1) is 20.5. The van der Waals surface area contributed by atoms with Gasteiger partial charge in [-0.25, -0.2) is 9.67 Å². The zero-order valence-corrected chi connectivity index (χ0v) is 24.2. The summed E-state index contributed by atoms with van der Waals surface area (Å²) in [5.41, 5.74) is 6.33. The first-order valence-electron chi connectivity index (χ1n) is 15.2. The highest BCUT2D eigenvalue weighted by atomic mass is 16.1. The third-order valence-corrected chi connectivity index (χ3v) is 8.92. The summed E-state index contributed by atoms with van der Waals surface area (Å²) < 4.78 is 3.75. The molecule has 1 saturated carbocycles. The van der Waals surface area contributed by atoms with E-state index in [2.05, 4.69) is 69.6 Å².